The summed E-state index contributed by atoms with van der Waals surface area (Å²) >= 11 is 15.6. The normalized spacial score (nSPS) is 11.6. The summed E-state index contributed by atoms with van der Waals surface area (Å²) in [4.78, 5) is 5.88. The van der Waals surface area contributed by atoms with Crippen LogP contribution in [0.5, 0.6) is 0 Å². The second-order valence-electron chi connectivity index (χ2n) is 12.0. The fraction of sp³-hybridized carbons (Fsp3) is 0.778. The second-order valence-corrected chi connectivity index (χ2v) is 19.1. The fourth-order valence-corrected chi connectivity index (χ4v) is 11.8. The van der Waals surface area contributed by atoms with Crippen molar-refractivity contribution in [1.82, 2.24) is 0 Å². The molecular weight excluding hydrogens is 720 g/mol. The molecule has 0 saturated heterocycles. The van der Waals surface area contributed by atoms with E-state index in [1.54, 1.807) is 0 Å². The van der Waals surface area contributed by atoms with Gasteiger partial charge in [-0.15, -0.1) is 46.2 Å². The Hall–Kier alpha value is 1.06. The molecule has 2 aromatic heterocycles. The molecule has 2 rings (SSSR count). The molecule has 2 aromatic rings. The number of hydrogen-bond acceptors (Lipinski definition) is 4. The van der Waals surface area contributed by atoms with E-state index in [9.17, 15) is 0 Å². The third-order valence-electron chi connectivity index (χ3n) is 8.05. The first-order chi connectivity index (χ1) is 20.7. The van der Waals surface area contributed by atoms with Crippen molar-refractivity contribution < 1.29 is 0 Å². The lowest BCUT2D eigenvalue weighted by molar-refractivity contribution is 0.548. The van der Waals surface area contributed by atoms with E-state index < -0.39 is 0 Å². The van der Waals surface area contributed by atoms with E-state index in [4.69, 9.17) is 0 Å². The Morgan fingerprint density at radius 1 is 0.429 bits per heavy atom. The van der Waals surface area contributed by atoms with Crippen LogP contribution in [0.1, 0.15) is 168 Å². The number of rotatable bonds is 29. The van der Waals surface area contributed by atoms with Gasteiger partial charge < -0.3 is 0 Å². The van der Waals surface area contributed by atoms with Crippen LogP contribution in [0.4, 0.5) is 0 Å². The van der Waals surface area contributed by atoms with E-state index in [0.29, 0.717) is 0 Å². The van der Waals surface area contributed by atoms with Gasteiger partial charge in [0.15, 0.2) is 0 Å². The lowest BCUT2D eigenvalue weighted by atomic mass is 10.1. The third kappa shape index (κ3) is 18.9. The molecular formula is C36H60Br2S4. The zero-order valence-corrected chi connectivity index (χ0v) is 33.4. The zero-order valence-electron chi connectivity index (χ0n) is 26.9. The Kier molecular flexibility index (Phi) is 25.4. The van der Waals surface area contributed by atoms with Crippen LogP contribution in [0.2, 0.25) is 0 Å². The summed E-state index contributed by atoms with van der Waals surface area (Å²) in [6, 6.07) is 4.72. The van der Waals surface area contributed by atoms with Gasteiger partial charge in [0.2, 0.25) is 0 Å². The monoisotopic (exact) mass is 778 g/mol. The van der Waals surface area contributed by atoms with E-state index in [0.717, 1.165) is 0 Å². The smallest absolute Gasteiger partial charge is 0.0716 e. The maximum Gasteiger partial charge on any atom is 0.0716 e. The number of hydrogen-bond donors (Lipinski definition) is 0. The molecule has 0 aliphatic carbocycles. The molecule has 0 aliphatic heterocycles. The predicted molar refractivity (Wildman–Crippen MR) is 207 cm³/mol. The van der Waals surface area contributed by atoms with Crippen molar-refractivity contribution in [3.8, 4) is 9.75 Å². The molecule has 6 heteroatoms. The van der Waals surface area contributed by atoms with Crippen LogP contribution < -0.4 is 0 Å². The van der Waals surface area contributed by atoms with Gasteiger partial charge in [0.1, 0.15) is 0 Å². The maximum absolute atomic E-state index is 3.80. The van der Waals surface area contributed by atoms with Gasteiger partial charge in [-0.2, -0.15) is 0 Å². The highest BCUT2D eigenvalue weighted by molar-refractivity contribution is 9.11. The Morgan fingerprint density at radius 3 is 0.976 bits per heavy atom. The molecule has 0 atom stereocenters. The van der Waals surface area contributed by atoms with Crippen molar-refractivity contribution >= 4 is 78.1 Å². The fourth-order valence-electron chi connectivity index (χ4n) is 5.47. The van der Waals surface area contributed by atoms with E-state index >= 15 is 0 Å². The van der Waals surface area contributed by atoms with Crippen LogP contribution in [0.25, 0.3) is 9.75 Å². The Labute approximate surface area is 294 Å². The summed E-state index contributed by atoms with van der Waals surface area (Å²) in [5.74, 6) is 2.48. The van der Waals surface area contributed by atoms with E-state index in [-0.39, 0.29) is 0 Å². The van der Waals surface area contributed by atoms with E-state index in [1.165, 1.54) is 193 Å². The summed E-state index contributed by atoms with van der Waals surface area (Å²) in [5.41, 5.74) is 0. The Balaban J connectivity index is 1.60. The molecule has 0 unspecified atom stereocenters. The van der Waals surface area contributed by atoms with Crippen molar-refractivity contribution in [2.24, 2.45) is 0 Å². The minimum Gasteiger partial charge on any atom is -0.126 e. The second kappa shape index (κ2) is 27.2. The van der Waals surface area contributed by atoms with Gasteiger partial charge in [0, 0.05) is 9.79 Å². The van der Waals surface area contributed by atoms with Crippen LogP contribution in [-0.2, 0) is 0 Å². The van der Waals surface area contributed by atoms with Crippen LogP contribution >= 0.6 is 78.1 Å². The molecule has 0 amide bonds. The Morgan fingerprint density at radius 2 is 0.690 bits per heavy atom. The standard InChI is InChI=1S/C36H60Br2S4/c1-3-5-7-9-11-13-15-17-19-21-23-25-27-39-31-29-33(37)41-35(31)36-32(30-34(38)42-36)40-28-26-24-22-20-18-16-14-12-10-8-6-4-2/h29-30H,3-28H2,1-2H3. The minimum atomic E-state index is 1.24. The minimum absolute atomic E-state index is 1.24. The number of thioether (sulfide) groups is 2. The number of unbranched alkanes of at least 4 members (excludes halogenated alkanes) is 22. The van der Waals surface area contributed by atoms with E-state index in [2.05, 4.69) is 81.4 Å². The topological polar surface area (TPSA) is 0 Å². The van der Waals surface area contributed by atoms with Gasteiger partial charge in [-0.25, -0.2) is 0 Å². The van der Waals surface area contributed by atoms with Crippen molar-refractivity contribution in [3.05, 3.63) is 19.7 Å². The average Bonchev–Trinajstić information content (AvgIpc) is 3.54. The first-order valence-electron chi connectivity index (χ1n) is 17.5. The molecule has 242 valence electrons. The zero-order chi connectivity index (χ0) is 30.1. The molecule has 0 N–H and O–H groups in total. The van der Waals surface area contributed by atoms with Crippen molar-refractivity contribution in [3.63, 3.8) is 0 Å². The molecule has 2 heterocycles. The van der Waals surface area contributed by atoms with Crippen LogP contribution in [0.3, 0.4) is 0 Å². The SMILES string of the molecule is CCCCCCCCCCCCCCSc1cc(Br)sc1-c1sc(Br)cc1SCCCCCCCCCCCCCC. The van der Waals surface area contributed by atoms with Crippen LogP contribution in [0, 0.1) is 0 Å². The molecule has 0 aliphatic rings. The summed E-state index contributed by atoms with van der Waals surface area (Å²) in [6.45, 7) is 4.60. The van der Waals surface area contributed by atoms with Gasteiger partial charge in [-0.1, -0.05) is 155 Å². The highest BCUT2D eigenvalue weighted by atomic mass is 79.9. The van der Waals surface area contributed by atoms with Gasteiger partial charge in [-0.05, 0) is 68.3 Å². The van der Waals surface area contributed by atoms with Crippen molar-refractivity contribution in [2.45, 2.75) is 178 Å². The Bertz CT molecular complexity index is 819. The molecule has 0 nitrogen and oxygen atoms in total. The average molecular weight is 781 g/mol. The molecule has 0 radical (unpaired) electrons. The third-order valence-corrected chi connectivity index (χ3v) is 14.0. The number of thiophene rings is 2. The molecule has 0 spiro atoms. The largest absolute Gasteiger partial charge is 0.126 e. The molecule has 0 saturated carbocycles. The lowest BCUT2D eigenvalue weighted by Gasteiger charge is -2.06. The highest BCUT2D eigenvalue weighted by Gasteiger charge is 2.17. The molecule has 42 heavy (non-hydrogen) atoms. The van der Waals surface area contributed by atoms with Gasteiger partial charge in [0.05, 0.1) is 17.3 Å². The highest BCUT2D eigenvalue weighted by Crippen LogP contribution is 2.49. The van der Waals surface area contributed by atoms with Crippen molar-refractivity contribution in [1.29, 1.82) is 0 Å². The first kappa shape index (κ1) is 39.2. The summed E-state index contributed by atoms with van der Waals surface area (Å²) < 4.78 is 2.52. The van der Waals surface area contributed by atoms with Crippen LogP contribution in [0.15, 0.2) is 29.5 Å². The summed E-state index contributed by atoms with van der Waals surface area (Å²) in [5, 5.41) is 0. The predicted octanol–water partition coefficient (Wildman–Crippen LogP) is 16.6. The summed E-state index contributed by atoms with van der Waals surface area (Å²) in [7, 11) is 0. The van der Waals surface area contributed by atoms with Crippen LogP contribution in [-0.4, -0.2) is 11.5 Å². The first-order valence-corrected chi connectivity index (χ1v) is 22.7. The molecule has 0 bridgehead atoms. The summed E-state index contributed by atoms with van der Waals surface area (Å²) in [6.07, 6.45) is 34.1. The van der Waals surface area contributed by atoms with Gasteiger partial charge in [-0.3, -0.25) is 0 Å². The van der Waals surface area contributed by atoms with Gasteiger partial charge in [0.25, 0.3) is 0 Å². The lowest BCUT2D eigenvalue weighted by Crippen LogP contribution is -1.85. The van der Waals surface area contributed by atoms with Gasteiger partial charge >= 0.3 is 0 Å². The molecule has 0 aromatic carbocycles. The maximum atomic E-state index is 3.80. The number of halogens is 2. The van der Waals surface area contributed by atoms with E-state index in [1.807, 2.05) is 22.7 Å². The van der Waals surface area contributed by atoms with Crippen molar-refractivity contribution in [2.75, 3.05) is 11.5 Å². The quantitative estimate of drug-likeness (QED) is 0.0596. The molecule has 0 fully saturated rings.